The number of rotatable bonds is 17. The number of carbonyl (C=O) groups is 7. The lowest BCUT2D eigenvalue weighted by Crippen LogP contribution is -2.57. The van der Waals surface area contributed by atoms with E-state index in [4.69, 9.17) is 15.9 Å². The molecular weight excluding hydrogens is 470 g/mol. The molecule has 0 aromatic carbocycles. The van der Waals surface area contributed by atoms with Crippen LogP contribution in [0.25, 0.3) is 0 Å². The van der Waals surface area contributed by atoms with Crippen LogP contribution >= 0.6 is 0 Å². The van der Waals surface area contributed by atoms with E-state index in [1.165, 1.54) is 0 Å². The Labute approximate surface area is 201 Å². The number of nitrogens with one attached hydrogen (secondary N) is 4. The van der Waals surface area contributed by atoms with Crippen molar-refractivity contribution < 1.29 is 48.9 Å². The van der Waals surface area contributed by atoms with Gasteiger partial charge in [0.05, 0.1) is 13.1 Å². The molecule has 15 nitrogen and oxygen atoms in total. The Morgan fingerprint density at radius 1 is 0.771 bits per heavy atom. The molecule has 0 aliphatic heterocycles. The molecule has 0 bridgehead atoms. The summed E-state index contributed by atoms with van der Waals surface area (Å²) in [5.41, 5.74) is 5.11. The summed E-state index contributed by atoms with van der Waals surface area (Å²) < 4.78 is 0. The summed E-state index contributed by atoms with van der Waals surface area (Å²) in [6.45, 7) is 2.36. The van der Waals surface area contributed by atoms with Crippen molar-refractivity contribution in [2.45, 2.75) is 64.1 Å². The average Bonchev–Trinajstić information content (AvgIpc) is 2.79. The van der Waals surface area contributed by atoms with E-state index in [1.807, 2.05) is 0 Å². The second-order valence-corrected chi connectivity index (χ2v) is 7.74. The molecule has 4 unspecified atom stereocenters. The largest absolute Gasteiger partial charge is 0.481 e. The van der Waals surface area contributed by atoms with Gasteiger partial charge in [-0.15, -0.1) is 0 Å². The Hall–Kier alpha value is -3.75. The Kier molecular flexibility index (Phi) is 14.3. The first-order valence-corrected chi connectivity index (χ1v) is 10.9. The highest BCUT2D eigenvalue weighted by atomic mass is 16.4. The topological polar surface area (TPSA) is 254 Å². The third-order valence-corrected chi connectivity index (χ3v) is 4.99. The lowest BCUT2D eigenvalue weighted by molar-refractivity contribution is -0.144. The predicted molar refractivity (Wildman–Crippen MR) is 119 cm³/mol. The van der Waals surface area contributed by atoms with Crippen LogP contribution in [0.2, 0.25) is 0 Å². The van der Waals surface area contributed by atoms with Crippen molar-refractivity contribution in [2.75, 3.05) is 13.1 Å². The van der Waals surface area contributed by atoms with Gasteiger partial charge in [0.2, 0.25) is 23.6 Å². The standard InChI is InChI=1S/C20H33N5O10/c1-3-10(2)17(20(34)35)25-19(33)12(5-7-16(30)31)24-18(32)11(4-6-15(28)29)23-14(27)9-22-13(26)8-21/h10-12,17H,3-9,21H2,1-2H3,(H,22,26)(H,23,27)(H,24,32)(H,25,33)(H,28,29)(H,30,31)(H,34,35). The molecule has 0 saturated heterocycles. The number of carboxylic acid groups (broad SMARTS) is 3. The summed E-state index contributed by atoms with van der Waals surface area (Å²) in [6.07, 6.45) is -1.44. The molecule has 0 heterocycles. The number of carbonyl (C=O) groups excluding carboxylic acids is 4. The lowest BCUT2D eigenvalue weighted by Gasteiger charge is -2.26. The van der Waals surface area contributed by atoms with Crippen LogP contribution in [-0.4, -0.2) is 88.1 Å². The second kappa shape index (κ2) is 16.0. The molecule has 15 heteroatoms. The van der Waals surface area contributed by atoms with Crippen LogP contribution in [-0.2, 0) is 33.6 Å². The fraction of sp³-hybridized carbons (Fsp3) is 0.650. The van der Waals surface area contributed by atoms with Crippen LogP contribution in [0.3, 0.4) is 0 Å². The first-order chi connectivity index (χ1) is 16.3. The van der Waals surface area contributed by atoms with E-state index in [1.54, 1.807) is 13.8 Å². The number of nitrogens with two attached hydrogens (primary N) is 1. The minimum Gasteiger partial charge on any atom is -0.481 e. The third kappa shape index (κ3) is 12.9. The maximum atomic E-state index is 12.8. The lowest BCUT2D eigenvalue weighted by atomic mass is 9.98. The molecule has 4 atom stereocenters. The molecule has 0 saturated carbocycles. The molecule has 0 aromatic rings. The highest BCUT2D eigenvalue weighted by molar-refractivity contribution is 5.94. The molecule has 0 aliphatic carbocycles. The van der Waals surface area contributed by atoms with Crippen molar-refractivity contribution >= 4 is 41.5 Å². The molecule has 0 rings (SSSR count). The van der Waals surface area contributed by atoms with Gasteiger partial charge in [-0.1, -0.05) is 20.3 Å². The highest BCUT2D eigenvalue weighted by Crippen LogP contribution is 2.10. The summed E-state index contributed by atoms with van der Waals surface area (Å²) in [7, 11) is 0. The van der Waals surface area contributed by atoms with Crippen LogP contribution in [0, 0.1) is 5.92 Å². The number of carboxylic acids is 3. The van der Waals surface area contributed by atoms with Crippen molar-refractivity contribution in [2.24, 2.45) is 11.7 Å². The smallest absolute Gasteiger partial charge is 0.326 e. The fourth-order valence-electron chi connectivity index (χ4n) is 2.78. The van der Waals surface area contributed by atoms with Crippen LogP contribution in [0.4, 0.5) is 0 Å². The maximum absolute atomic E-state index is 12.8. The summed E-state index contributed by atoms with van der Waals surface area (Å²) >= 11 is 0. The van der Waals surface area contributed by atoms with Gasteiger partial charge in [0.1, 0.15) is 18.1 Å². The van der Waals surface area contributed by atoms with Crippen molar-refractivity contribution in [1.29, 1.82) is 0 Å². The van der Waals surface area contributed by atoms with E-state index < -0.39 is 91.4 Å². The van der Waals surface area contributed by atoms with Gasteiger partial charge < -0.3 is 42.3 Å². The molecule has 4 amide bonds. The molecule has 0 aromatic heterocycles. The second-order valence-electron chi connectivity index (χ2n) is 7.74. The van der Waals surface area contributed by atoms with E-state index >= 15 is 0 Å². The third-order valence-electron chi connectivity index (χ3n) is 4.99. The molecule has 0 spiro atoms. The van der Waals surface area contributed by atoms with E-state index in [9.17, 15) is 38.7 Å². The maximum Gasteiger partial charge on any atom is 0.326 e. The monoisotopic (exact) mass is 503 g/mol. The van der Waals surface area contributed by atoms with Crippen molar-refractivity contribution in [1.82, 2.24) is 21.3 Å². The van der Waals surface area contributed by atoms with Crippen LogP contribution < -0.4 is 27.0 Å². The van der Waals surface area contributed by atoms with Crippen molar-refractivity contribution in [3.63, 3.8) is 0 Å². The normalized spacial score (nSPS) is 13.9. The van der Waals surface area contributed by atoms with E-state index in [-0.39, 0.29) is 13.0 Å². The van der Waals surface area contributed by atoms with Crippen molar-refractivity contribution in [3.8, 4) is 0 Å². The Morgan fingerprint density at radius 2 is 1.26 bits per heavy atom. The van der Waals surface area contributed by atoms with Crippen molar-refractivity contribution in [3.05, 3.63) is 0 Å². The summed E-state index contributed by atoms with van der Waals surface area (Å²) in [5, 5.41) is 36.2. The van der Waals surface area contributed by atoms with Gasteiger partial charge in [-0.2, -0.15) is 0 Å². The molecule has 35 heavy (non-hydrogen) atoms. The van der Waals surface area contributed by atoms with Crippen LogP contribution in [0.5, 0.6) is 0 Å². The Morgan fingerprint density at radius 3 is 1.69 bits per heavy atom. The minimum absolute atomic E-state index is 0.379. The Balaban J connectivity index is 5.58. The number of aliphatic carboxylic acids is 3. The number of hydrogen-bond donors (Lipinski definition) is 8. The van der Waals surface area contributed by atoms with Gasteiger partial charge in [-0.05, 0) is 18.8 Å². The first kappa shape index (κ1) is 31.2. The van der Waals surface area contributed by atoms with Gasteiger partial charge in [0, 0.05) is 12.8 Å². The quantitative estimate of drug-likeness (QED) is 0.102. The molecular formula is C20H33N5O10. The molecule has 0 radical (unpaired) electrons. The average molecular weight is 504 g/mol. The van der Waals surface area contributed by atoms with Gasteiger partial charge in [-0.25, -0.2) is 4.79 Å². The summed E-state index contributed by atoms with van der Waals surface area (Å²) in [6, 6.07) is -4.23. The molecule has 0 fully saturated rings. The fourth-order valence-corrected chi connectivity index (χ4v) is 2.78. The number of hydrogen-bond acceptors (Lipinski definition) is 8. The van der Waals surface area contributed by atoms with E-state index in [0.29, 0.717) is 6.42 Å². The summed E-state index contributed by atoms with van der Waals surface area (Å²) in [4.78, 5) is 82.2. The highest BCUT2D eigenvalue weighted by Gasteiger charge is 2.31. The summed E-state index contributed by atoms with van der Waals surface area (Å²) in [5.74, 6) is -7.78. The van der Waals surface area contributed by atoms with Gasteiger partial charge in [0.25, 0.3) is 0 Å². The van der Waals surface area contributed by atoms with Gasteiger partial charge in [0.15, 0.2) is 0 Å². The van der Waals surface area contributed by atoms with Gasteiger partial charge in [-0.3, -0.25) is 28.8 Å². The van der Waals surface area contributed by atoms with E-state index in [2.05, 4.69) is 21.3 Å². The zero-order valence-electron chi connectivity index (χ0n) is 19.5. The molecule has 9 N–H and O–H groups in total. The minimum atomic E-state index is -1.48. The SMILES string of the molecule is CCC(C)C(NC(=O)C(CCC(=O)O)NC(=O)C(CCC(=O)O)NC(=O)CNC(=O)CN)C(=O)O. The molecule has 0 aliphatic rings. The zero-order valence-corrected chi connectivity index (χ0v) is 19.5. The zero-order chi connectivity index (χ0) is 27.1. The number of amides is 4. The van der Waals surface area contributed by atoms with E-state index in [0.717, 1.165) is 0 Å². The first-order valence-electron chi connectivity index (χ1n) is 10.9. The van der Waals surface area contributed by atoms with Crippen LogP contribution in [0.15, 0.2) is 0 Å². The predicted octanol–water partition coefficient (Wildman–Crippen LogP) is -2.62. The van der Waals surface area contributed by atoms with Gasteiger partial charge >= 0.3 is 17.9 Å². The molecule has 198 valence electrons. The van der Waals surface area contributed by atoms with Crippen LogP contribution in [0.1, 0.15) is 46.0 Å². The Bertz CT molecular complexity index is 803.